The van der Waals surface area contributed by atoms with E-state index in [-0.39, 0.29) is 5.41 Å². The first kappa shape index (κ1) is 16.0. The van der Waals surface area contributed by atoms with Gasteiger partial charge in [0.1, 0.15) is 0 Å². The maximum absolute atomic E-state index is 8.95. The Morgan fingerprint density at radius 1 is 1.32 bits per heavy atom. The van der Waals surface area contributed by atoms with Crippen LogP contribution >= 0.6 is 11.6 Å². The summed E-state index contributed by atoms with van der Waals surface area (Å²) in [6, 6.07) is 10.3. The van der Waals surface area contributed by atoms with Crippen LogP contribution in [0, 0.1) is 16.7 Å². The minimum Gasteiger partial charge on any atom is -0.302 e. The van der Waals surface area contributed by atoms with E-state index in [0.717, 1.165) is 37.4 Å². The van der Waals surface area contributed by atoms with Gasteiger partial charge < -0.3 is 4.90 Å². The van der Waals surface area contributed by atoms with Gasteiger partial charge in [-0.2, -0.15) is 5.26 Å². The quantitative estimate of drug-likeness (QED) is 0.687. The highest BCUT2D eigenvalue weighted by Crippen LogP contribution is 2.21. The van der Waals surface area contributed by atoms with Crippen molar-refractivity contribution in [3.63, 3.8) is 0 Å². The fourth-order valence-electron chi connectivity index (χ4n) is 2.03. The van der Waals surface area contributed by atoms with Crippen LogP contribution in [0.25, 0.3) is 0 Å². The number of nitrogens with zero attached hydrogens (tertiary/aromatic N) is 2. The van der Waals surface area contributed by atoms with Gasteiger partial charge in [0, 0.05) is 11.6 Å². The molecule has 2 nitrogen and oxygen atoms in total. The Hall–Kier alpha value is -1.04. The lowest BCUT2D eigenvalue weighted by atomic mass is 9.89. The Bertz CT molecular complexity index is 435. The van der Waals surface area contributed by atoms with Gasteiger partial charge in [-0.25, -0.2) is 0 Å². The number of rotatable bonds is 7. The van der Waals surface area contributed by atoms with Gasteiger partial charge in [0.2, 0.25) is 0 Å². The van der Waals surface area contributed by atoms with E-state index >= 15 is 0 Å². The third-order valence-corrected chi connectivity index (χ3v) is 3.47. The first-order chi connectivity index (χ1) is 8.93. The van der Waals surface area contributed by atoms with Gasteiger partial charge in [-0.05, 0) is 58.0 Å². The molecule has 0 saturated heterocycles. The highest BCUT2D eigenvalue weighted by atomic mass is 35.5. The van der Waals surface area contributed by atoms with E-state index in [1.54, 1.807) is 0 Å². The third-order valence-electron chi connectivity index (χ3n) is 3.24. The van der Waals surface area contributed by atoms with Crippen LogP contribution in [-0.2, 0) is 6.54 Å². The Morgan fingerprint density at radius 2 is 2.05 bits per heavy atom. The first-order valence-corrected chi connectivity index (χ1v) is 7.15. The summed E-state index contributed by atoms with van der Waals surface area (Å²) in [5, 5.41) is 9.74. The van der Waals surface area contributed by atoms with Crippen LogP contribution in [0.4, 0.5) is 0 Å². The van der Waals surface area contributed by atoms with E-state index in [9.17, 15) is 0 Å². The van der Waals surface area contributed by atoms with Crippen molar-refractivity contribution in [2.45, 2.75) is 39.7 Å². The maximum Gasteiger partial charge on any atom is 0.0683 e. The fourth-order valence-corrected chi connectivity index (χ4v) is 2.24. The summed E-state index contributed by atoms with van der Waals surface area (Å²) in [6.07, 6.45) is 3.19. The summed E-state index contributed by atoms with van der Waals surface area (Å²) in [5.74, 6) is 0. The molecule has 0 aromatic heterocycles. The lowest BCUT2D eigenvalue weighted by molar-refractivity contribution is 0.307. The molecule has 1 aromatic rings. The molecule has 0 spiro atoms. The first-order valence-electron chi connectivity index (χ1n) is 6.77. The van der Waals surface area contributed by atoms with E-state index in [1.165, 1.54) is 5.56 Å². The zero-order valence-corrected chi connectivity index (χ0v) is 12.9. The molecular weight excluding hydrogens is 256 g/mol. The van der Waals surface area contributed by atoms with E-state index in [4.69, 9.17) is 16.9 Å². The molecule has 0 aliphatic rings. The summed E-state index contributed by atoms with van der Waals surface area (Å²) in [6.45, 7) is 5.97. The molecule has 0 heterocycles. The molecule has 104 valence electrons. The van der Waals surface area contributed by atoms with Crippen molar-refractivity contribution >= 4 is 11.6 Å². The average molecular weight is 279 g/mol. The van der Waals surface area contributed by atoms with Gasteiger partial charge in [0.15, 0.2) is 0 Å². The number of benzene rings is 1. The molecule has 1 rings (SSSR count). The average Bonchev–Trinajstić information content (AvgIpc) is 2.35. The number of hydrogen-bond donors (Lipinski definition) is 0. The van der Waals surface area contributed by atoms with Crippen LogP contribution in [0.1, 0.15) is 38.7 Å². The second kappa shape index (κ2) is 7.53. The largest absolute Gasteiger partial charge is 0.302 e. The maximum atomic E-state index is 8.95. The van der Waals surface area contributed by atoms with Crippen molar-refractivity contribution in [2.75, 3.05) is 13.6 Å². The van der Waals surface area contributed by atoms with Crippen LogP contribution in [0.2, 0.25) is 5.02 Å². The van der Waals surface area contributed by atoms with Crippen molar-refractivity contribution in [2.24, 2.45) is 5.41 Å². The summed E-state index contributed by atoms with van der Waals surface area (Å²) in [5.41, 5.74) is 1.05. The van der Waals surface area contributed by atoms with Crippen molar-refractivity contribution in [1.82, 2.24) is 4.90 Å². The summed E-state index contributed by atoms with van der Waals surface area (Å²) < 4.78 is 0. The van der Waals surface area contributed by atoms with Gasteiger partial charge >= 0.3 is 0 Å². The molecule has 0 radical (unpaired) electrons. The SMILES string of the molecule is CN(CCCCC(C)(C)C#N)Cc1cccc(Cl)c1. The van der Waals surface area contributed by atoms with E-state index < -0.39 is 0 Å². The normalized spacial score (nSPS) is 11.6. The molecule has 0 atom stereocenters. The molecule has 0 saturated carbocycles. The van der Waals surface area contributed by atoms with Crippen LogP contribution in [0.3, 0.4) is 0 Å². The van der Waals surface area contributed by atoms with Crippen LogP contribution < -0.4 is 0 Å². The highest BCUT2D eigenvalue weighted by Gasteiger charge is 2.15. The molecule has 0 aliphatic heterocycles. The number of hydrogen-bond acceptors (Lipinski definition) is 2. The van der Waals surface area contributed by atoms with E-state index in [1.807, 2.05) is 32.0 Å². The predicted molar refractivity (Wildman–Crippen MR) is 81.0 cm³/mol. The molecular formula is C16H23ClN2. The highest BCUT2D eigenvalue weighted by molar-refractivity contribution is 6.30. The van der Waals surface area contributed by atoms with Gasteiger partial charge in [-0.15, -0.1) is 0 Å². The molecule has 19 heavy (non-hydrogen) atoms. The Morgan fingerprint density at radius 3 is 2.68 bits per heavy atom. The van der Waals surface area contributed by atoms with Crippen molar-refractivity contribution in [1.29, 1.82) is 5.26 Å². The topological polar surface area (TPSA) is 27.0 Å². The Balaban J connectivity index is 2.25. The fraction of sp³-hybridized carbons (Fsp3) is 0.562. The second-order valence-corrected chi connectivity index (χ2v) is 6.26. The lowest BCUT2D eigenvalue weighted by Crippen LogP contribution is -2.19. The Labute approximate surface area is 122 Å². The summed E-state index contributed by atoms with van der Waals surface area (Å²) >= 11 is 5.97. The third kappa shape index (κ3) is 6.61. The van der Waals surface area contributed by atoms with Crippen molar-refractivity contribution < 1.29 is 0 Å². The number of unbranched alkanes of at least 4 members (excludes halogenated alkanes) is 1. The summed E-state index contributed by atoms with van der Waals surface area (Å²) in [7, 11) is 2.12. The zero-order chi connectivity index (χ0) is 14.3. The van der Waals surface area contributed by atoms with Crippen molar-refractivity contribution in [3.8, 4) is 6.07 Å². The van der Waals surface area contributed by atoms with Crippen LogP contribution in [0.15, 0.2) is 24.3 Å². The summed E-state index contributed by atoms with van der Waals surface area (Å²) in [4.78, 5) is 2.30. The molecule has 0 bridgehead atoms. The van der Waals surface area contributed by atoms with E-state index in [0.29, 0.717) is 0 Å². The Kier molecular flexibility index (Phi) is 6.34. The smallest absolute Gasteiger partial charge is 0.0683 e. The van der Waals surface area contributed by atoms with Gasteiger partial charge in [0.25, 0.3) is 0 Å². The second-order valence-electron chi connectivity index (χ2n) is 5.82. The lowest BCUT2D eigenvalue weighted by Gasteiger charge is -2.18. The minimum atomic E-state index is -0.189. The van der Waals surface area contributed by atoms with E-state index in [2.05, 4.69) is 24.1 Å². The molecule has 0 N–H and O–H groups in total. The molecule has 1 aromatic carbocycles. The van der Waals surface area contributed by atoms with Gasteiger partial charge in [-0.1, -0.05) is 30.2 Å². The molecule has 0 aliphatic carbocycles. The monoisotopic (exact) mass is 278 g/mol. The van der Waals surface area contributed by atoms with Crippen LogP contribution in [-0.4, -0.2) is 18.5 Å². The zero-order valence-electron chi connectivity index (χ0n) is 12.1. The minimum absolute atomic E-state index is 0.189. The number of halogens is 1. The predicted octanol–water partition coefficient (Wildman–Crippen LogP) is 4.49. The van der Waals surface area contributed by atoms with Gasteiger partial charge in [0.05, 0.1) is 11.5 Å². The standard InChI is InChI=1S/C16H23ClN2/c1-16(2,13-18)9-4-5-10-19(3)12-14-7-6-8-15(17)11-14/h6-8,11H,4-5,9-10,12H2,1-3H3. The molecule has 0 fully saturated rings. The number of nitriles is 1. The van der Waals surface area contributed by atoms with Crippen molar-refractivity contribution in [3.05, 3.63) is 34.9 Å². The molecule has 0 unspecified atom stereocenters. The molecule has 0 amide bonds. The van der Waals surface area contributed by atoms with Gasteiger partial charge in [-0.3, -0.25) is 0 Å². The molecule has 3 heteroatoms. The van der Waals surface area contributed by atoms with Crippen LogP contribution in [0.5, 0.6) is 0 Å².